The fourth-order valence-corrected chi connectivity index (χ4v) is 2.54. The Balaban J connectivity index is 2.53. The predicted molar refractivity (Wildman–Crippen MR) is 116 cm³/mol. The van der Waals surface area contributed by atoms with Crippen LogP contribution in [0.4, 0.5) is 4.79 Å². The molecule has 3 N–H and O–H groups in total. The summed E-state index contributed by atoms with van der Waals surface area (Å²) in [5.41, 5.74) is 0.432. The summed E-state index contributed by atoms with van der Waals surface area (Å²) >= 11 is 0. The number of methoxy groups -OCH3 is 2. The van der Waals surface area contributed by atoms with Crippen molar-refractivity contribution in [2.45, 2.75) is 45.6 Å². The van der Waals surface area contributed by atoms with Crippen LogP contribution in [0.1, 0.15) is 40.2 Å². The lowest BCUT2D eigenvalue weighted by Crippen LogP contribution is -2.45. The lowest BCUT2D eigenvalue weighted by Gasteiger charge is -2.27. The van der Waals surface area contributed by atoms with E-state index in [0.29, 0.717) is 37.1 Å². The molecule has 1 aromatic rings. The number of hydrogen-bond donors (Lipinski definition) is 3. The number of ether oxygens (including phenoxy) is 3. The fourth-order valence-electron chi connectivity index (χ4n) is 2.54. The third kappa shape index (κ3) is 8.50. The van der Waals surface area contributed by atoms with Crippen molar-refractivity contribution in [1.29, 1.82) is 0 Å². The number of rotatable bonds is 8. The van der Waals surface area contributed by atoms with E-state index in [1.54, 1.807) is 21.3 Å². The van der Waals surface area contributed by atoms with Crippen LogP contribution in [-0.4, -0.2) is 58.6 Å². The fraction of sp³-hybridized carbons (Fsp3) is 0.619. The van der Waals surface area contributed by atoms with E-state index in [2.05, 4.69) is 34.8 Å². The van der Waals surface area contributed by atoms with Gasteiger partial charge < -0.3 is 30.2 Å². The van der Waals surface area contributed by atoms with E-state index >= 15 is 0 Å². The van der Waals surface area contributed by atoms with E-state index in [-0.39, 0.29) is 5.41 Å². The van der Waals surface area contributed by atoms with E-state index in [0.717, 1.165) is 5.56 Å². The van der Waals surface area contributed by atoms with Crippen molar-refractivity contribution < 1.29 is 19.0 Å². The van der Waals surface area contributed by atoms with E-state index < -0.39 is 11.7 Å². The topological polar surface area (TPSA) is 93.2 Å². The number of alkyl carbamates (subject to hydrolysis) is 1. The molecule has 0 aliphatic carbocycles. The van der Waals surface area contributed by atoms with Gasteiger partial charge in [0.25, 0.3) is 0 Å². The van der Waals surface area contributed by atoms with Crippen LogP contribution in [0.15, 0.2) is 23.2 Å². The molecular formula is C21H36N4O4. The number of benzene rings is 1. The zero-order valence-corrected chi connectivity index (χ0v) is 18.9. The van der Waals surface area contributed by atoms with E-state index in [9.17, 15) is 4.79 Å². The third-order valence-corrected chi connectivity index (χ3v) is 4.17. The largest absolute Gasteiger partial charge is 0.493 e. The summed E-state index contributed by atoms with van der Waals surface area (Å²) in [6, 6.07) is 5.93. The second-order valence-electron chi connectivity index (χ2n) is 8.23. The molecule has 0 unspecified atom stereocenters. The molecule has 0 heterocycles. The number of carbonyl (C=O) groups is 1. The van der Waals surface area contributed by atoms with Crippen molar-refractivity contribution in [1.82, 2.24) is 16.0 Å². The minimum Gasteiger partial charge on any atom is -0.493 e. The molecule has 8 nitrogen and oxygen atoms in total. The molecule has 0 fully saturated rings. The Labute approximate surface area is 174 Å². The molecule has 1 aromatic carbocycles. The summed E-state index contributed by atoms with van der Waals surface area (Å²) in [7, 11) is 4.96. The van der Waals surface area contributed by atoms with Gasteiger partial charge in [0.1, 0.15) is 5.60 Å². The van der Waals surface area contributed by atoms with Gasteiger partial charge in [0.15, 0.2) is 17.5 Å². The van der Waals surface area contributed by atoms with Crippen molar-refractivity contribution in [3.05, 3.63) is 23.8 Å². The van der Waals surface area contributed by atoms with Crippen LogP contribution in [-0.2, 0) is 10.2 Å². The molecule has 0 radical (unpaired) electrons. The average Bonchev–Trinajstić information content (AvgIpc) is 2.65. The highest BCUT2D eigenvalue weighted by Crippen LogP contribution is 2.32. The van der Waals surface area contributed by atoms with Gasteiger partial charge >= 0.3 is 6.09 Å². The SMILES string of the molecule is CN=C(NCCNC(=O)OC(C)(C)C)NCC(C)(C)c1ccc(OC)c(OC)c1. The minimum absolute atomic E-state index is 0.175. The van der Waals surface area contributed by atoms with Crippen LogP contribution in [0.5, 0.6) is 11.5 Å². The lowest BCUT2D eigenvalue weighted by atomic mass is 9.84. The van der Waals surface area contributed by atoms with E-state index in [1.807, 2.05) is 39.0 Å². The van der Waals surface area contributed by atoms with Gasteiger partial charge in [-0.25, -0.2) is 4.79 Å². The maximum Gasteiger partial charge on any atom is 0.407 e. The Morgan fingerprint density at radius 2 is 1.59 bits per heavy atom. The van der Waals surface area contributed by atoms with Crippen LogP contribution in [0.25, 0.3) is 0 Å². The molecule has 1 rings (SSSR count). The standard InChI is InChI=1S/C21H36N4O4/c1-20(2,3)29-19(26)24-12-11-23-18(22-6)25-14-21(4,5)15-9-10-16(27-7)17(13-15)28-8/h9-10,13H,11-12,14H2,1-8H3,(H,24,26)(H2,22,23,25). The molecule has 0 aromatic heterocycles. The van der Waals surface area contributed by atoms with Gasteiger partial charge in [-0.1, -0.05) is 19.9 Å². The molecule has 0 saturated heterocycles. The summed E-state index contributed by atoms with van der Waals surface area (Å²) in [4.78, 5) is 15.9. The highest BCUT2D eigenvalue weighted by molar-refractivity contribution is 5.79. The van der Waals surface area contributed by atoms with Gasteiger partial charge in [0.2, 0.25) is 0 Å². The van der Waals surface area contributed by atoms with E-state index in [4.69, 9.17) is 14.2 Å². The van der Waals surface area contributed by atoms with Crippen molar-refractivity contribution in [2.24, 2.45) is 4.99 Å². The Hall–Kier alpha value is -2.64. The zero-order valence-electron chi connectivity index (χ0n) is 18.9. The van der Waals surface area contributed by atoms with Crippen LogP contribution in [0, 0.1) is 0 Å². The van der Waals surface area contributed by atoms with Crippen LogP contribution < -0.4 is 25.4 Å². The maximum absolute atomic E-state index is 11.7. The monoisotopic (exact) mass is 408 g/mol. The second-order valence-corrected chi connectivity index (χ2v) is 8.23. The number of hydrogen-bond acceptors (Lipinski definition) is 5. The number of carbonyl (C=O) groups excluding carboxylic acids is 1. The molecule has 0 saturated carbocycles. The number of guanidine groups is 1. The first-order chi connectivity index (χ1) is 13.5. The molecule has 0 spiro atoms. The molecular weight excluding hydrogens is 372 g/mol. The summed E-state index contributed by atoms with van der Waals surface area (Å²) in [5.74, 6) is 2.06. The second kappa shape index (κ2) is 10.8. The van der Waals surface area contributed by atoms with Crippen molar-refractivity contribution in [3.63, 3.8) is 0 Å². The zero-order chi connectivity index (χ0) is 22.1. The highest BCUT2D eigenvalue weighted by atomic mass is 16.6. The Morgan fingerprint density at radius 3 is 2.14 bits per heavy atom. The molecule has 1 amide bonds. The molecule has 0 bridgehead atoms. The highest BCUT2D eigenvalue weighted by Gasteiger charge is 2.23. The van der Waals surface area contributed by atoms with Gasteiger partial charge in [-0.15, -0.1) is 0 Å². The van der Waals surface area contributed by atoms with Gasteiger partial charge in [0, 0.05) is 32.1 Å². The molecule has 8 heteroatoms. The van der Waals surface area contributed by atoms with Gasteiger partial charge in [-0.2, -0.15) is 0 Å². The van der Waals surface area contributed by atoms with Gasteiger partial charge in [-0.05, 0) is 38.5 Å². The minimum atomic E-state index is -0.509. The normalized spacial score (nSPS) is 12.2. The average molecular weight is 409 g/mol. The summed E-state index contributed by atoms with van der Waals surface area (Å²) in [6.07, 6.45) is -0.433. The lowest BCUT2D eigenvalue weighted by molar-refractivity contribution is 0.0529. The van der Waals surface area contributed by atoms with Crippen LogP contribution in [0.3, 0.4) is 0 Å². The smallest absolute Gasteiger partial charge is 0.407 e. The van der Waals surface area contributed by atoms with Crippen molar-refractivity contribution in [3.8, 4) is 11.5 Å². The van der Waals surface area contributed by atoms with Crippen molar-refractivity contribution >= 4 is 12.1 Å². The third-order valence-electron chi connectivity index (χ3n) is 4.17. The Bertz CT molecular complexity index is 696. The number of amides is 1. The van der Waals surface area contributed by atoms with Gasteiger partial charge in [-0.3, -0.25) is 4.99 Å². The quantitative estimate of drug-likeness (QED) is 0.348. The number of nitrogens with zero attached hydrogens (tertiary/aromatic N) is 1. The number of aliphatic imine (C=N–C) groups is 1. The first-order valence-corrected chi connectivity index (χ1v) is 9.66. The maximum atomic E-state index is 11.7. The Morgan fingerprint density at radius 1 is 0.966 bits per heavy atom. The summed E-state index contributed by atoms with van der Waals surface area (Å²) in [6.45, 7) is 11.4. The van der Waals surface area contributed by atoms with Crippen LogP contribution >= 0.6 is 0 Å². The number of nitrogens with one attached hydrogen (secondary N) is 3. The molecule has 164 valence electrons. The van der Waals surface area contributed by atoms with Gasteiger partial charge in [0.05, 0.1) is 14.2 Å². The molecule has 29 heavy (non-hydrogen) atoms. The first-order valence-electron chi connectivity index (χ1n) is 9.66. The Kier molecular flexibility index (Phi) is 9.07. The summed E-state index contributed by atoms with van der Waals surface area (Å²) in [5, 5.41) is 9.21. The van der Waals surface area contributed by atoms with Crippen molar-refractivity contribution in [2.75, 3.05) is 40.9 Å². The predicted octanol–water partition coefficient (Wildman–Crippen LogP) is 2.67. The molecule has 0 aliphatic rings. The molecule has 0 aliphatic heterocycles. The molecule has 0 atom stereocenters. The van der Waals surface area contributed by atoms with E-state index in [1.165, 1.54) is 0 Å². The summed E-state index contributed by atoms with van der Waals surface area (Å²) < 4.78 is 15.9. The van der Waals surface area contributed by atoms with Crippen LogP contribution in [0.2, 0.25) is 0 Å². The first kappa shape index (κ1) is 24.4.